The Balaban J connectivity index is 1.28. The van der Waals surface area contributed by atoms with E-state index >= 15 is 0 Å². The molecule has 33 heavy (non-hydrogen) atoms. The molecule has 172 valence electrons. The molecule has 0 amide bonds. The molecular weight excluding hydrogens is 444 g/mol. The fraction of sp³-hybridized carbons (Fsp3) is 0.500. The van der Waals surface area contributed by atoms with Gasteiger partial charge < -0.3 is 29.7 Å². The average Bonchev–Trinajstić information content (AvgIpc) is 3.21. The predicted octanol–water partition coefficient (Wildman–Crippen LogP) is -0.223. The zero-order chi connectivity index (χ0) is 22.6. The lowest BCUT2D eigenvalue weighted by Crippen LogP contribution is -2.59. The van der Waals surface area contributed by atoms with Crippen LogP contribution in [0, 0.1) is 12.3 Å². The molecule has 0 aromatic carbocycles. The number of nitrogens with one attached hydrogen (secondary N) is 1. The topological polar surface area (TPSA) is 113 Å². The van der Waals surface area contributed by atoms with Crippen LogP contribution in [0.3, 0.4) is 0 Å². The highest BCUT2D eigenvalue weighted by Gasteiger charge is 2.41. The summed E-state index contributed by atoms with van der Waals surface area (Å²) in [5.41, 5.74) is 0.923. The Morgan fingerprint density at radius 2 is 2.24 bits per heavy atom. The van der Waals surface area contributed by atoms with Gasteiger partial charge in [-0.1, -0.05) is 5.92 Å². The first-order valence-electron chi connectivity index (χ1n) is 11.0. The average molecular weight is 469 g/mol. The summed E-state index contributed by atoms with van der Waals surface area (Å²) in [4.78, 5) is 19.2. The molecule has 10 nitrogen and oxygen atoms in total. The zero-order valence-corrected chi connectivity index (χ0v) is 18.8. The molecule has 0 aliphatic carbocycles. The molecule has 0 radical (unpaired) electrons. The minimum absolute atomic E-state index is 0.0837. The largest absolute Gasteiger partial charge is 0.487 e. The molecule has 2 saturated heterocycles. The van der Waals surface area contributed by atoms with E-state index in [1.165, 1.54) is 0 Å². The standard InChI is InChI=1S/C22H24N6O4S/c1-2-14-7-17-20(23-8-14)28-5-4-27(9-15(28)10-32-17)21-24-16-3-6-33(30)18(16)19(25-21)26-22(11-29)12-31-13-22/h1,7-8,15,29H,3-6,9-13H2,(H,24,25,26)/t15-,33-/m0/s1. The number of piperazine rings is 1. The number of ether oxygens (including phenoxy) is 2. The van der Waals surface area contributed by atoms with Gasteiger partial charge in [0.2, 0.25) is 5.95 Å². The van der Waals surface area contributed by atoms with Crippen LogP contribution < -0.4 is 19.9 Å². The minimum atomic E-state index is -1.15. The van der Waals surface area contributed by atoms with E-state index in [9.17, 15) is 9.32 Å². The maximum atomic E-state index is 12.6. The quantitative estimate of drug-likeness (QED) is 0.584. The number of anilines is 3. The number of nitrogens with zero attached hydrogens (tertiary/aromatic N) is 5. The van der Waals surface area contributed by atoms with Crippen molar-refractivity contribution in [3.05, 3.63) is 23.5 Å². The molecule has 4 aliphatic rings. The van der Waals surface area contributed by atoms with Gasteiger partial charge in [-0.15, -0.1) is 6.42 Å². The molecule has 0 bridgehead atoms. The fourth-order valence-corrected chi connectivity index (χ4v) is 6.00. The number of hydrogen-bond donors (Lipinski definition) is 2. The number of hydrogen-bond acceptors (Lipinski definition) is 10. The van der Waals surface area contributed by atoms with Gasteiger partial charge in [-0.05, 0) is 0 Å². The lowest BCUT2D eigenvalue weighted by atomic mass is 9.99. The number of rotatable bonds is 4. The zero-order valence-electron chi connectivity index (χ0n) is 18.0. The maximum Gasteiger partial charge on any atom is 0.227 e. The summed E-state index contributed by atoms with van der Waals surface area (Å²) in [6.07, 6.45) is 7.83. The third kappa shape index (κ3) is 3.40. The van der Waals surface area contributed by atoms with Gasteiger partial charge in [0.15, 0.2) is 11.6 Å². The summed E-state index contributed by atoms with van der Waals surface area (Å²) in [5.74, 6) is 5.81. The third-order valence-corrected chi connectivity index (χ3v) is 8.05. The fourth-order valence-electron chi connectivity index (χ4n) is 4.70. The smallest absolute Gasteiger partial charge is 0.227 e. The second-order valence-corrected chi connectivity index (χ2v) is 10.3. The lowest BCUT2D eigenvalue weighted by molar-refractivity contribution is -0.0653. The van der Waals surface area contributed by atoms with Crippen molar-refractivity contribution in [3.63, 3.8) is 0 Å². The Kier molecular flexibility index (Phi) is 4.90. The van der Waals surface area contributed by atoms with Crippen molar-refractivity contribution in [2.45, 2.75) is 22.9 Å². The molecule has 11 heteroatoms. The van der Waals surface area contributed by atoms with Crippen LogP contribution in [0.15, 0.2) is 17.2 Å². The van der Waals surface area contributed by atoms with Gasteiger partial charge >= 0.3 is 0 Å². The van der Waals surface area contributed by atoms with Crippen LogP contribution in [0.1, 0.15) is 11.3 Å². The van der Waals surface area contributed by atoms with Crippen LogP contribution in [0.25, 0.3) is 0 Å². The van der Waals surface area contributed by atoms with Crippen molar-refractivity contribution >= 4 is 28.4 Å². The van der Waals surface area contributed by atoms with E-state index in [2.05, 4.69) is 26.0 Å². The van der Waals surface area contributed by atoms with Gasteiger partial charge in [-0.25, -0.2) is 9.97 Å². The SMILES string of the molecule is C#Cc1cnc2c(c1)OC[C@@H]1CN(c3nc4c(c(NC5(CO)COC5)n3)[S@@](=O)CC4)CCN21. The predicted molar refractivity (Wildman–Crippen MR) is 122 cm³/mol. The first-order chi connectivity index (χ1) is 16.1. The third-order valence-electron chi connectivity index (χ3n) is 6.59. The van der Waals surface area contributed by atoms with Gasteiger partial charge in [0.05, 0.1) is 42.4 Å². The second-order valence-electron chi connectivity index (χ2n) is 8.80. The van der Waals surface area contributed by atoms with Crippen LogP contribution >= 0.6 is 0 Å². The number of pyridine rings is 1. The van der Waals surface area contributed by atoms with Crippen molar-refractivity contribution in [2.24, 2.45) is 0 Å². The Morgan fingerprint density at radius 1 is 1.36 bits per heavy atom. The Labute approximate surface area is 193 Å². The van der Waals surface area contributed by atoms with Crippen molar-refractivity contribution in [1.82, 2.24) is 15.0 Å². The van der Waals surface area contributed by atoms with Crippen molar-refractivity contribution < 1.29 is 18.8 Å². The molecule has 2 aromatic heterocycles. The summed E-state index contributed by atoms with van der Waals surface area (Å²) >= 11 is 0. The van der Waals surface area contributed by atoms with Gasteiger partial charge in [-0.2, -0.15) is 4.98 Å². The molecule has 6 rings (SSSR count). The first-order valence-corrected chi connectivity index (χ1v) is 12.3. The number of aryl methyl sites for hydroxylation is 1. The van der Waals surface area contributed by atoms with Gasteiger partial charge in [0.25, 0.3) is 0 Å². The molecule has 0 saturated carbocycles. The Hall–Kier alpha value is -2.94. The number of fused-ring (bicyclic) bond motifs is 4. The number of aromatic nitrogens is 3. The van der Waals surface area contributed by atoms with E-state index in [0.717, 1.165) is 23.8 Å². The molecule has 2 fully saturated rings. The normalized spacial score (nSPS) is 24.6. The monoisotopic (exact) mass is 468 g/mol. The molecule has 0 spiro atoms. The number of terminal acetylenes is 1. The second kappa shape index (κ2) is 7.83. The van der Waals surface area contributed by atoms with E-state index in [-0.39, 0.29) is 12.6 Å². The Morgan fingerprint density at radius 3 is 3.00 bits per heavy atom. The van der Waals surface area contributed by atoms with Gasteiger partial charge in [-0.3, -0.25) is 4.21 Å². The van der Waals surface area contributed by atoms with Crippen LogP contribution in [-0.4, -0.2) is 87.7 Å². The number of aliphatic hydroxyl groups excluding tert-OH is 1. The van der Waals surface area contributed by atoms with Crippen LogP contribution in [0.4, 0.5) is 17.6 Å². The van der Waals surface area contributed by atoms with Gasteiger partial charge in [0.1, 0.15) is 22.9 Å². The summed E-state index contributed by atoms with van der Waals surface area (Å²) in [5, 5.41) is 13.2. The molecule has 2 atom stereocenters. The van der Waals surface area contributed by atoms with Crippen molar-refractivity contribution in [3.8, 4) is 18.1 Å². The Bertz CT molecular complexity index is 1170. The summed E-state index contributed by atoms with van der Waals surface area (Å²) in [6.45, 7) is 3.33. The summed E-state index contributed by atoms with van der Waals surface area (Å²) < 4.78 is 23.9. The molecule has 6 heterocycles. The van der Waals surface area contributed by atoms with E-state index in [1.807, 2.05) is 6.07 Å². The number of aliphatic hydroxyl groups is 1. The van der Waals surface area contributed by atoms with Crippen LogP contribution in [0.5, 0.6) is 5.75 Å². The highest BCUT2D eigenvalue weighted by molar-refractivity contribution is 7.85. The van der Waals surface area contributed by atoms with E-state index in [4.69, 9.17) is 25.9 Å². The minimum Gasteiger partial charge on any atom is -0.487 e. The molecular formula is C22H24N6O4S. The van der Waals surface area contributed by atoms with E-state index < -0.39 is 16.3 Å². The maximum absolute atomic E-state index is 12.6. The highest BCUT2D eigenvalue weighted by atomic mass is 32.2. The molecule has 2 N–H and O–H groups in total. The molecule has 4 aliphatic heterocycles. The van der Waals surface area contributed by atoms with Crippen LogP contribution in [-0.2, 0) is 22.0 Å². The highest BCUT2D eigenvalue weighted by Crippen LogP contribution is 2.36. The van der Waals surface area contributed by atoms with Crippen molar-refractivity contribution in [2.75, 3.05) is 66.9 Å². The van der Waals surface area contributed by atoms with Crippen molar-refractivity contribution in [1.29, 1.82) is 0 Å². The first kappa shape index (κ1) is 20.7. The lowest BCUT2D eigenvalue weighted by Gasteiger charge is -2.45. The van der Waals surface area contributed by atoms with E-state index in [1.54, 1.807) is 6.20 Å². The summed E-state index contributed by atoms with van der Waals surface area (Å²) in [7, 11) is -1.15. The van der Waals surface area contributed by atoms with E-state index in [0.29, 0.717) is 67.3 Å². The molecule has 0 unspecified atom stereocenters. The summed E-state index contributed by atoms with van der Waals surface area (Å²) in [6, 6.07) is 1.95. The molecule has 2 aromatic rings. The van der Waals surface area contributed by atoms with Crippen LogP contribution in [0.2, 0.25) is 0 Å². The van der Waals surface area contributed by atoms with Gasteiger partial charge in [0, 0.05) is 49.6 Å².